The maximum Gasteiger partial charge on any atom is 0.190 e. The molecule has 0 bridgehead atoms. The van der Waals surface area contributed by atoms with Crippen molar-refractivity contribution in [3.05, 3.63) is 139 Å². The summed E-state index contributed by atoms with van der Waals surface area (Å²) < 4.78 is 15.9. The Balaban J connectivity index is 1.76. The fourth-order valence-electron chi connectivity index (χ4n) is 4.69. The number of hydrogen-bond donors (Lipinski definition) is 0. The molecular formula is C33H30ClFO2. The zero-order valence-corrected chi connectivity index (χ0v) is 22.3. The SMILES string of the molecule is CC(Cc1cccc(-c2ccccc(C(C)(C)C)c2=O)c1F)c1ccccc(-c2ccccc2Cl)c1=O. The van der Waals surface area contributed by atoms with Crippen LogP contribution in [0.15, 0.2) is 101 Å². The molecule has 0 aromatic heterocycles. The number of hydrogen-bond acceptors (Lipinski definition) is 2. The van der Waals surface area contributed by atoms with E-state index in [0.29, 0.717) is 44.8 Å². The minimum absolute atomic E-state index is 0.131. The summed E-state index contributed by atoms with van der Waals surface area (Å²) in [5, 5.41) is 0.502. The van der Waals surface area contributed by atoms with Crippen molar-refractivity contribution in [1.29, 1.82) is 0 Å². The minimum atomic E-state index is -0.434. The van der Waals surface area contributed by atoms with E-state index in [2.05, 4.69) is 0 Å². The second-order valence-electron chi connectivity index (χ2n) is 10.4. The molecule has 0 amide bonds. The molecule has 0 aliphatic carbocycles. The molecule has 4 heteroatoms. The van der Waals surface area contributed by atoms with Gasteiger partial charge in [0.15, 0.2) is 10.9 Å². The second-order valence-corrected chi connectivity index (χ2v) is 10.8. The first-order chi connectivity index (χ1) is 17.6. The van der Waals surface area contributed by atoms with Crippen LogP contribution in [0.5, 0.6) is 0 Å². The van der Waals surface area contributed by atoms with Gasteiger partial charge >= 0.3 is 0 Å². The molecule has 0 saturated carbocycles. The monoisotopic (exact) mass is 512 g/mol. The van der Waals surface area contributed by atoms with Gasteiger partial charge in [-0.3, -0.25) is 9.59 Å². The van der Waals surface area contributed by atoms with Crippen LogP contribution in [0.4, 0.5) is 4.39 Å². The molecule has 0 spiro atoms. The Morgan fingerprint density at radius 2 is 1.24 bits per heavy atom. The normalized spacial score (nSPS) is 12.3. The highest BCUT2D eigenvalue weighted by molar-refractivity contribution is 6.33. The largest absolute Gasteiger partial charge is 0.289 e. The van der Waals surface area contributed by atoms with E-state index in [0.717, 1.165) is 0 Å². The molecule has 2 nitrogen and oxygen atoms in total. The maximum atomic E-state index is 15.9. The molecule has 4 rings (SSSR count). The number of halogens is 2. The molecule has 4 aromatic carbocycles. The van der Waals surface area contributed by atoms with Crippen molar-refractivity contribution in [2.75, 3.05) is 0 Å². The minimum Gasteiger partial charge on any atom is -0.289 e. The van der Waals surface area contributed by atoms with Crippen LogP contribution in [-0.2, 0) is 11.8 Å². The summed E-state index contributed by atoms with van der Waals surface area (Å²) in [5.41, 5.74) is 2.76. The van der Waals surface area contributed by atoms with E-state index in [1.54, 1.807) is 54.6 Å². The maximum absolute atomic E-state index is 15.9. The van der Waals surface area contributed by atoms with Crippen LogP contribution in [0.2, 0.25) is 5.02 Å². The highest BCUT2D eigenvalue weighted by atomic mass is 35.5. The number of rotatable bonds is 5. The van der Waals surface area contributed by atoms with E-state index in [1.165, 1.54) is 0 Å². The predicted octanol–water partition coefficient (Wildman–Crippen LogP) is 8.18. The average Bonchev–Trinajstić information content (AvgIpc) is 3.16. The van der Waals surface area contributed by atoms with E-state index < -0.39 is 5.82 Å². The summed E-state index contributed by atoms with van der Waals surface area (Å²) in [7, 11) is 0. The van der Waals surface area contributed by atoms with Gasteiger partial charge in [-0.2, -0.15) is 0 Å². The molecule has 188 valence electrons. The van der Waals surface area contributed by atoms with E-state index in [9.17, 15) is 9.59 Å². The van der Waals surface area contributed by atoms with Crippen molar-refractivity contribution < 1.29 is 4.39 Å². The van der Waals surface area contributed by atoms with Gasteiger partial charge in [0.2, 0.25) is 0 Å². The molecule has 0 aliphatic heterocycles. The van der Waals surface area contributed by atoms with Crippen molar-refractivity contribution in [2.45, 2.75) is 45.4 Å². The van der Waals surface area contributed by atoms with E-state index >= 15 is 4.39 Å². The zero-order valence-electron chi connectivity index (χ0n) is 21.5. The van der Waals surface area contributed by atoms with Crippen LogP contribution in [0.1, 0.15) is 50.3 Å². The van der Waals surface area contributed by atoms with Gasteiger partial charge in [-0.05, 0) is 29.4 Å². The molecule has 37 heavy (non-hydrogen) atoms. The van der Waals surface area contributed by atoms with Gasteiger partial charge in [0.1, 0.15) is 5.82 Å². The molecule has 0 fully saturated rings. The number of benzene rings is 2. The lowest BCUT2D eigenvalue weighted by molar-refractivity contribution is 0.585. The second kappa shape index (κ2) is 10.8. The molecule has 4 aromatic rings. The third-order valence-corrected chi connectivity index (χ3v) is 7.01. The van der Waals surface area contributed by atoms with Crippen LogP contribution in [-0.4, -0.2) is 0 Å². The first kappa shape index (κ1) is 26.5. The molecule has 0 heterocycles. The van der Waals surface area contributed by atoms with Gasteiger partial charge in [-0.1, -0.05) is 124 Å². The Bertz CT molecular complexity index is 1570. The highest BCUT2D eigenvalue weighted by Crippen LogP contribution is 2.29. The summed E-state index contributed by atoms with van der Waals surface area (Å²) in [6, 6.07) is 26.6. The molecule has 1 atom stereocenters. The molecule has 0 radical (unpaired) electrons. The lowest BCUT2D eigenvalue weighted by Crippen LogP contribution is -2.22. The Kier molecular flexibility index (Phi) is 7.75. The Labute approximate surface area is 222 Å². The van der Waals surface area contributed by atoms with E-state index in [-0.39, 0.29) is 27.8 Å². The Hall–Kier alpha value is -3.56. The van der Waals surface area contributed by atoms with Gasteiger partial charge in [0.05, 0.1) is 0 Å². The molecule has 1 unspecified atom stereocenters. The topological polar surface area (TPSA) is 34.1 Å². The molecule has 0 N–H and O–H groups in total. The van der Waals surface area contributed by atoms with Crippen LogP contribution < -0.4 is 10.9 Å². The van der Waals surface area contributed by atoms with Gasteiger partial charge in [0.25, 0.3) is 0 Å². The summed E-state index contributed by atoms with van der Waals surface area (Å²) in [6.07, 6.45) is 0.306. The highest BCUT2D eigenvalue weighted by Gasteiger charge is 2.21. The van der Waals surface area contributed by atoms with Gasteiger partial charge < -0.3 is 0 Å². The summed E-state index contributed by atoms with van der Waals surface area (Å²) in [6.45, 7) is 7.83. The van der Waals surface area contributed by atoms with Crippen molar-refractivity contribution >= 4 is 11.6 Å². The third kappa shape index (κ3) is 5.57. The first-order valence-corrected chi connectivity index (χ1v) is 12.8. The predicted molar refractivity (Wildman–Crippen MR) is 152 cm³/mol. The Morgan fingerprint density at radius 1 is 0.703 bits per heavy atom. The van der Waals surface area contributed by atoms with Crippen LogP contribution in [0.3, 0.4) is 0 Å². The fourth-order valence-corrected chi connectivity index (χ4v) is 4.92. The van der Waals surface area contributed by atoms with Crippen LogP contribution >= 0.6 is 11.6 Å². The third-order valence-electron chi connectivity index (χ3n) is 6.68. The summed E-state index contributed by atoms with van der Waals surface area (Å²) in [4.78, 5) is 26.9. The van der Waals surface area contributed by atoms with Gasteiger partial charge in [0, 0.05) is 38.4 Å². The Morgan fingerprint density at radius 3 is 1.89 bits per heavy atom. The first-order valence-electron chi connectivity index (χ1n) is 12.4. The fraction of sp³-hybridized carbons (Fsp3) is 0.212. The van der Waals surface area contributed by atoms with Crippen LogP contribution in [0, 0.1) is 5.82 Å². The van der Waals surface area contributed by atoms with Crippen molar-refractivity contribution in [1.82, 2.24) is 0 Å². The molecule has 0 aliphatic rings. The van der Waals surface area contributed by atoms with Crippen molar-refractivity contribution in [3.8, 4) is 22.3 Å². The lowest BCUT2D eigenvalue weighted by Gasteiger charge is -2.17. The van der Waals surface area contributed by atoms with E-state index in [1.807, 2.05) is 64.1 Å². The average molecular weight is 513 g/mol. The van der Waals surface area contributed by atoms with Crippen molar-refractivity contribution in [3.63, 3.8) is 0 Å². The molecular weight excluding hydrogens is 483 g/mol. The van der Waals surface area contributed by atoms with Crippen molar-refractivity contribution in [2.24, 2.45) is 0 Å². The zero-order chi connectivity index (χ0) is 26.7. The lowest BCUT2D eigenvalue weighted by atomic mass is 9.86. The summed E-state index contributed by atoms with van der Waals surface area (Å²) >= 11 is 6.38. The van der Waals surface area contributed by atoms with Gasteiger partial charge in [-0.15, -0.1) is 0 Å². The summed E-state index contributed by atoms with van der Waals surface area (Å²) in [5.74, 6) is -0.703. The standard InChI is InChI=1S/C33H30ClFO2/c1-21(23-13-5-6-15-26(31(23)36)24-14-8-10-19-29(24)34)20-22-12-11-17-25(30(22)35)27-16-7-9-18-28(32(27)37)33(2,3)4/h5-19,21H,20H2,1-4H3. The van der Waals surface area contributed by atoms with E-state index in [4.69, 9.17) is 11.6 Å². The molecule has 0 saturated heterocycles. The van der Waals surface area contributed by atoms with Gasteiger partial charge in [-0.25, -0.2) is 4.39 Å². The van der Waals surface area contributed by atoms with Crippen LogP contribution in [0.25, 0.3) is 22.3 Å². The smallest absolute Gasteiger partial charge is 0.190 e. The quantitative estimate of drug-likeness (QED) is 0.270.